The first-order chi connectivity index (χ1) is 6.90. The van der Waals surface area contributed by atoms with Crippen LogP contribution in [0.15, 0.2) is 16.8 Å². The van der Waals surface area contributed by atoms with Gasteiger partial charge in [0.1, 0.15) is 0 Å². The number of nitrogens with two attached hydrogens (primary N) is 1. The van der Waals surface area contributed by atoms with Crippen LogP contribution in [-0.2, 0) is 4.79 Å². The standard InChI is InChI=1S/C11H18N2OS/c1-8(9-4-5-15-6-9)10(14)13-7-11(2,3)12/h4-6,8H,7,12H2,1-3H3,(H,13,14). The van der Waals surface area contributed by atoms with Crippen LogP contribution in [0.2, 0.25) is 0 Å². The molecule has 1 amide bonds. The topological polar surface area (TPSA) is 55.1 Å². The van der Waals surface area contributed by atoms with Crippen LogP contribution < -0.4 is 11.1 Å². The van der Waals surface area contributed by atoms with Crippen molar-refractivity contribution in [3.05, 3.63) is 22.4 Å². The van der Waals surface area contributed by atoms with Gasteiger partial charge in [0.25, 0.3) is 0 Å². The number of carbonyl (C=O) groups excluding carboxylic acids is 1. The van der Waals surface area contributed by atoms with Gasteiger partial charge in [0.05, 0.1) is 5.92 Å². The van der Waals surface area contributed by atoms with Crippen LogP contribution >= 0.6 is 11.3 Å². The van der Waals surface area contributed by atoms with Gasteiger partial charge in [-0.15, -0.1) is 0 Å². The van der Waals surface area contributed by atoms with Gasteiger partial charge in [-0.2, -0.15) is 11.3 Å². The van der Waals surface area contributed by atoms with Gasteiger partial charge in [-0.05, 0) is 43.2 Å². The zero-order valence-electron chi connectivity index (χ0n) is 9.41. The Bertz CT molecular complexity index is 314. The van der Waals surface area contributed by atoms with Crippen molar-refractivity contribution in [1.29, 1.82) is 0 Å². The van der Waals surface area contributed by atoms with Crippen LogP contribution in [-0.4, -0.2) is 18.0 Å². The van der Waals surface area contributed by atoms with E-state index in [0.717, 1.165) is 5.56 Å². The van der Waals surface area contributed by atoms with Crippen molar-refractivity contribution in [2.45, 2.75) is 32.2 Å². The second-order valence-electron chi connectivity index (χ2n) is 4.48. The van der Waals surface area contributed by atoms with Crippen molar-refractivity contribution >= 4 is 17.2 Å². The fourth-order valence-electron chi connectivity index (χ4n) is 1.14. The van der Waals surface area contributed by atoms with E-state index in [1.165, 1.54) is 0 Å². The first kappa shape index (κ1) is 12.2. The van der Waals surface area contributed by atoms with Crippen LogP contribution in [0.5, 0.6) is 0 Å². The minimum Gasteiger partial charge on any atom is -0.354 e. The Balaban J connectivity index is 2.48. The molecule has 4 heteroatoms. The summed E-state index contributed by atoms with van der Waals surface area (Å²) in [5, 5.41) is 6.83. The van der Waals surface area contributed by atoms with Crippen LogP contribution in [0.25, 0.3) is 0 Å². The van der Waals surface area contributed by atoms with Crippen molar-refractivity contribution in [2.75, 3.05) is 6.54 Å². The molecule has 15 heavy (non-hydrogen) atoms. The van der Waals surface area contributed by atoms with E-state index in [4.69, 9.17) is 5.73 Å². The number of carbonyl (C=O) groups is 1. The fourth-order valence-corrected chi connectivity index (χ4v) is 1.89. The Morgan fingerprint density at radius 3 is 2.80 bits per heavy atom. The highest BCUT2D eigenvalue weighted by molar-refractivity contribution is 7.08. The largest absolute Gasteiger partial charge is 0.354 e. The third kappa shape index (κ3) is 4.01. The maximum absolute atomic E-state index is 11.7. The van der Waals surface area contributed by atoms with Crippen LogP contribution in [0.1, 0.15) is 32.3 Å². The molecule has 3 nitrogen and oxygen atoms in total. The van der Waals surface area contributed by atoms with Gasteiger partial charge in [0, 0.05) is 12.1 Å². The molecule has 3 N–H and O–H groups in total. The van der Waals surface area contributed by atoms with E-state index in [2.05, 4.69) is 5.32 Å². The zero-order chi connectivity index (χ0) is 11.5. The van der Waals surface area contributed by atoms with Gasteiger partial charge in [-0.1, -0.05) is 0 Å². The predicted molar refractivity (Wildman–Crippen MR) is 64.0 cm³/mol. The van der Waals surface area contributed by atoms with Crippen molar-refractivity contribution in [1.82, 2.24) is 5.32 Å². The lowest BCUT2D eigenvalue weighted by Crippen LogP contribution is -2.46. The van der Waals surface area contributed by atoms with E-state index in [1.54, 1.807) is 11.3 Å². The molecule has 0 fully saturated rings. The first-order valence-corrected chi connectivity index (χ1v) is 5.93. The van der Waals surface area contributed by atoms with Crippen molar-refractivity contribution in [3.8, 4) is 0 Å². The normalized spacial score (nSPS) is 13.6. The summed E-state index contributed by atoms with van der Waals surface area (Å²) in [7, 11) is 0. The van der Waals surface area contributed by atoms with Gasteiger partial charge >= 0.3 is 0 Å². The Labute approximate surface area is 94.7 Å². The van der Waals surface area contributed by atoms with E-state index in [-0.39, 0.29) is 17.4 Å². The Hall–Kier alpha value is -0.870. The van der Waals surface area contributed by atoms with E-state index in [0.29, 0.717) is 6.54 Å². The predicted octanol–water partition coefficient (Wildman–Crippen LogP) is 1.71. The molecule has 1 heterocycles. The average molecular weight is 226 g/mol. The van der Waals surface area contributed by atoms with E-state index >= 15 is 0 Å². The summed E-state index contributed by atoms with van der Waals surface area (Å²) in [5.41, 5.74) is 6.50. The number of thiophene rings is 1. The molecule has 1 aromatic rings. The van der Waals surface area contributed by atoms with Crippen molar-refractivity contribution in [2.24, 2.45) is 5.73 Å². The molecular formula is C11H18N2OS. The van der Waals surface area contributed by atoms with Gasteiger partial charge in [0.15, 0.2) is 0 Å². The number of hydrogen-bond acceptors (Lipinski definition) is 3. The number of rotatable bonds is 4. The molecule has 0 aliphatic rings. The average Bonchev–Trinajstić information content (AvgIpc) is 2.64. The van der Waals surface area contributed by atoms with Crippen molar-refractivity contribution < 1.29 is 4.79 Å². The highest BCUT2D eigenvalue weighted by Crippen LogP contribution is 2.18. The molecule has 0 saturated carbocycles. The molecule has 0 aliphatic carbocycles. The molecule has 0 saturated heterocycles. The van der Waals surface area contributed by atoms with E-state index in [9.17, 15) is 4.79 Å². The third-order valence-electron chi connectivity index (χ3n) is 2.15. The van der Waals surface area contributed by atoms with E-state index < -0.39 is 0 Å². The number of amides is 1. The summed E-state index contributed by atoms with van der Waals surface area (Å²) in [4.78, 5) is 11.7. The smallest absolute Gasteiger partial charge is 0.227 e. The van der Waals surface area contributed by atoms with Crippen molar-refractivity contribution in [3.63, 3.8) is 0 Å². The lowest BCUT2D eigenvalue weighted by atomic mass is 10.0. The minimum absolute atomic E-state index is 0.0342. The Morgan fingerprint density at radius 2 is 2.33 bits per heavy atom. The summed E-state index contributed by atoms with van der Waals surface area (Å²) >= 11 is 1.60. The second kappa shape index (κ2) is 4.77. The monoisotopic (exact) mass is 226 g/mol. The fraction of sp³-hybridized carbons (Fsp3) is 0.545. The minimum atomic E-state index is -0.357. The molecular weight excluding hydrogens is 208 g/mol. The second-order valence-corrected chi connectivity index (χ2v) is 5.26. The van der Waals surface area contributed by atoms with Crippen LogP contribution in [0, 0.1) is 0 Å². The molecule has 1 aromatic heterocycles. The lowest BCUT2D eigenvalue weighted by Gasteiger charge is -2.20. The quantitative estimate of drug-likeness (QED) is 0.821. The first-order valence-electron chi connectivity index (χ1n) is 4.99. The maximum atomic E-state index is 11.7. The zero-order valence-corrected chi connectivity index (χ0v) is 10.2. The SMILES string of the molecule is CC(C(=O)NCC(C)(C)N)c1ccsc1. The lowest BCUT2D eigenvalue weighted by molar-refractivity contribution is -0.122. The molecule has 0 aliphatic heterocycles. The van der Waals surface area contributed by atoms with Gasteiger partial charge < -0.3 is 11.1 Å². The molecule has 0 radical (unpaired) electrons. The van der Waals surface area contributed by atoms with Gasteiger partial charge in [-0.25, -0.2) is 0 Å². The van der Waals surface area contributed by atoms with E-state index in [1.807, 2.05) is 37.6 Å². The summed E-state index contributed by atoms with van der Waals surface area (Å²) in [6.07, 6.45) is 0. The maximum Gasteiger partial charge on any atom is 0.227 e. The third-order valence-corrected chi connectivity index (χ3v) is 2.86. The number of hydrogen-bond donors (Lipinski definition) is 2. The highest BCUT2D eigenvalue weighted by Gasteiger charge is 2.18. The molecule has 1 rings (SSSR count). The molecule has 0 aromatic carbocycles. The van der Waals surface area contributed by atoms with Crippen LogP contribution in [0.3, 0.4) is 0 Å². The summed E-state index contributed by atoms with van der Waals surface area (Å²) in [6, 6.07) is 1.97. The van der Waals surface area contributed by atoms with Crippen LogP contribution in [0.4, 0.5) is 0 Å². The molecule has 84 valence electrons. The summed E-state index contributed by atoms with van der Waals surface area (Å²) in [6.45, 7) is 6.19. The Morgan fingerprint density at radius 1 is 1.67 bits per heavy atom. The number of nitrogens with one attached hydrogen (secondary N) is 1. The van der Waals surface area contributed by atoms with Gasteiger partial charge in [-0.3, -0.25) is 4.79 Å². The highest BCUT2D eigenvalue weighted by atomic mass is 32.1. The molecule has 0 spiro atoms. The molecule has 0 bridgehead atoms. The summed E-state index contributed by atoms with van der Waals surface area (Å²) < 4.78 is 0. The molecule has 1 atom stereocenters. The summed E-state index contributed by atoms with van der Waals surface area (Å²) in [5.74, 6) is -0.0643. The molecule has 1 unspecified atom stereocenters. The van der Waals surface area contributed by atoms with Gasteiger partial charge in [0.2, 0.25) is 5.91 Å². The Kier molecular flexibility index (Phi) is 3.88.